The fourth-order valence-electron chi connectivity index (χ4n) is 5.75. The van der Waals surface area contributed by atoms with E-state index in [-0.39, 0.29) is 11.3 Å². The quantitative estimate of drug-likeness (QED) is 0.0993. The first-order valence-corrected chi connectivity index (χ1v) is 15.6. The van der Waals surface area contributed by atoms with Gasteiger partial charge in [0.05, 0.1) is 30.5 Å². The summed E-state index contributed by atoms with van der Waals surface area (Å²) in [4.78, 5) is 35.8. The summed E-state index contributed by atoms with van der Waals surface area (Å²) in [6.45, 7) is 16.0. The number of hydrogen-bond acceptors (Lipinski definition) is 7. The van der Waals surface area contributed by atoms with Gasteiger partial charge in [-0.25, -0.2) is 4.98 Å². The van der Waals surface area contributed by atoms with Crippen molar-refractivity contribution in [2.45, 2.75) is 73.3 Å². The molecule has 2 aromatic heterocycles. The lowest BCUT2D eigenvalue weighted by molar-refractivity contribution is -0.140. The number of ketones is 1. The van der Waals surface area contributed by atoms with Crippen LogP contribution in [0, 0.1) is 13.8 Å². The van der Waals surface area contributed by atoms with Gasteiger partial charge in [0.15, 0.2) is 17.3 Å². The number of aliphatic hydroxyl groups excluding tert-OH is 1. The Kier molecular flexibility index (Phi) is 10.9. The number of nitrogens with zero attached hydrogens (tertiary/aromatic N) is 4. The normalized spacial score (nSPS) is 16.5. The summed E-state index contributed by atoms with van der Waals surface area (Å²) in [5.41, 5.74) is 3.32. The van der Waals surface area contributed by atoms with Gasteiger partial charge < -0.3 is 28.8 Å². The number of unbranched alkanes of at least 4 members (excludes halogenated alkanes) is 2. The number of likely N-dealkylation sites (tertiary alicyclic amines) is 1. The lowest BCUT2D eigenvalue weighted by atomic mass is 9.96. The van der Waals surface area contributed by atoms with Gasteiger partial charge in [-0.1, -0.05) is 45.7 Å². The molecule has 4 rings (SSSR count). The maximum Gasteiger partial charge on any atom is 0.295 e. The fraction of sp³-hybridized carbons (Fsp3) is 0.500. The maximum absolute atomic E-state index is 13.7. The van der Waals surface area contributed by atoms with Crippen molar-refractivity contribution >= 4 is 23.1 Å². The third-order valence-electron chi connectivity index (χ3n) is 8.20. The molecule has 0 aliphatic carbocycles. The van der Waals surface area contributed by atoms with Crippen LogP contribution < -0.4 is 9.47 Å². The van der Waals surface area contributed by atoms with Crippen molar-refractivity contribution in [2.24, 2.45) is 0 Å². The van der Waals surface area contributed by atoms with Crippen LogP contribution in [0.1, 0.15) is 81.9 Å². The Hall–Kier alpha value is -3.85. The number of carbonyl (C=O) groups excluding carboxylic acids is 2. The molecule has 1 aliphatic heterocycles. The number of ether oxygens (including phenoxy) is 2. The molecule has 1 amide bonds. The van der Waals surface area contributed by atoms with Crippen molar-refractivity contribution in [3.8, 4) is 11.5 Å². The molecule has 1 unspecified atom stereocenters. The second-order valence-electron chi connectivity index (χ2n) is 11.0. The summed E-state index contributed by atoms with van der Waals surface area (Å²) in [5.74, 6) is -0.442. The Bertz CT molecular complexity index is 1470. The summed E-state index contributed by atoms with van der Waals surface area (Å²) in [6, 6.07) is 8.59. The molecule has 43 heavy (non-hydrogen) atoms. The second kappa shape index (κ2) is 14.6. The van der Waals surface area contributed by atoms with Crippen LogP contribution in [-0.4, -0.2) is 75.4 Å². The fourth-order valence-corrected chi connectivity index (χ4v) is 5.75. The van der Waals surface area contributed by atoms with Crippen LogP contribution in [0.4, 0.5) is 0 Å². The summed E-state index contributed by atoms with van der Waals surface area (Å²) >= 11 is 0. The third kappa shape index (κ3) is 6.72. The van der Waals surface area contributed by atoms with Crippen LogP contribution in [0.25, 0.3) is 11.4 Å². The van der Waals surface area contributed by atoms with Gasteiger partial charge in [0, 0.05) is 12.7 Å². The van der Waals surface area contributed by atoms with Gasteiger partial charge >= 0.3 is 0 Å². The average Bonchev–Trinajstić information content (AvgIpc) is 3.48. The standard InChI is InChI=1S/C34H46N4O5/c1-7-11-12-21-43-26-17-16-25(22-27(26)42-10-4)30-28(32(40)34(41)38(30)20-14-18-36(8-2)9-3)31(39)29-24(6)37-19-13-15-23(5)33(37)35-29/h13,15-17,19,22,30,39H,7-12,14,18,20-21H2,1-6H3. The van der Waals surface area contributed by atoms with E-state index in [1.807, 2.05) is 61.7 Å². The average molecular weight is 591 g/mol. The summed E-state index contributed by atoms with van der Waals surface area (Å²) < 4.78 is 13.9. The molecule has 1 saturated heterocycles. The Balaban J connectivity index is 1.81. The molecule has 1 aromatic carbocycles. The van der Waals surface area contributed by atoms with E-state index in [1.54, 1.807) is 4.90 Å². The largest absolute Gasteiger partial charge is 0.505 e. The van der Waals surface area contributed by atoms with Crippen molar-refractivity contribution in [1.29, 1.82) is 0 Å². The lowest BCUT2D eigenvalue weighted by Crippen LogP contribution is -2.33. The highest BCUT2D eigenvalue weighted by Crippen LogP contribution is 2.42. The topological polar surface area (TPSA) is 96.6 Å². The number of aromatic nitrogens is 2. The Morgan fingerprint density at radius 2 is 1.77 bits per heavy atom. The first-order valence-electron chi connectivity index (χ1n) is 15.6. The van der Waals surface area contributed by atoms with E-state index in [0.29, 0.717) is 60.3 Å². The van der Waals surface area contributed by atoms with Crippen molar-refractivity contribution in [3.05, 3.63) is 64.6 Å². The number of aliphatic hydroxyl groups is 1. The van der Waals surface area contributed by atoms with E-state index in [9.17, 15) is 14.7 Å². The lowest BCUT2D eigenvalue weighted by Gasteiger charge is -2.27. The summed E-state index contributed by atoms with van der Waals surface area (Å²) in [6.07, 6.45) is 5.67. The molecule has 9 nitrogen and oxygen atoms in total. The predicted molar refractivity (Wildman–Crippen MR) is 169 cm³/mol. The Morgan fingerprint density at radius 1 is 1.00 bits per heavy atom. The number of imidazole rings is 1. The molecule has 9 heteroatoms. The molecule has 0 spiro atoms. The summed E-state index contributed by atoms with van der Waals surface area (Å²) in [7, 11) is 0. The van der Waals surface area contributed by atoms with Crippen LogP contribution in [0.15, 0.2) is 42.1 Å². The molecular formula is C34H46N4O5. The third-order valence-corrected chi connectivity index (χ3v) is 8.20. The number of Topliss-reactive ketones (excluding diaryl/α,β-unsaturated/α-hetero) is 1. The molecule has 1 atom stereocenters. The number of amides is 1. The van der Waals surface area contributed by atoms with Crippen molar-refractivity contribution < 1.29 is 24.2 Å². The SMILES string of the molecule is CCCCCOc1ccc(C2C(=C(O)c3nc4c(C)cccn4c3C)C(=O)C(=O)N2CCCN(CC)CC)cc1OCC. The van der Waals surface area contributed by atoms with Crippen molar-refractivity contribution in [2.75, 3.05) is 39.4 Å². The van der Waals surface area contributed by atoms with Gasteiger partial charge in [-0.3, -0.25) is 9.59 Å². The predicted octanol–water partition coefficient (Wildman–Crippen LogP) is 6.07. The van der Waals surface area contributed by atoms with Crippen molar-refractivity contribution in [1.82, 2.24) is 19.2 Å². The maximum atomic E-state index is 13.7. The van der Waals surface area contributed by atoms with Gasteiger partial charge in [-0.2, -0.15) is 0 Å². The number of hydrogen-bond donors (Lipinski definition) is 1. The molecule has 1 N–H and O–H groups in total. The van der Waals surface area contributed by atoms with Crippen molar-refractivity contribution in [3.63, 3.8) is 0 Å². The van der Waals surface area contributed by atoms with E-state index in [1.165, 1.54) is 0 Å². The minimum absolute atomic E-state index is 0.0380. The van der Waals surface area contributed by atoms with E-state index in [2.05, 4.69) is 25.7 Å². The molecule has 3 heterocycles. The number of fused-ring (bicyclic) bond motifs is 1. The smallest absolute Gasteiger partial charge is 0.295 e. The zero-order valence-electron chi connectivity index (χ0n) is 26.5. The molecule has 3 aromatic rings. The van der Waals surface area contributed by atoms with Crippen LogP contribution in [0.2, 0.25) is 0 Å². The van der Waals surface area contributed by atoms with Crippen LogP contribution in [0.3, 0.4) is 0 Å². The minimum atomic E-state index is -0.796. The number of carbonyl (C=O) groups is 2. The molecule has 232 valence electrons. The Labute approximate surface area is 255 Å². The Morgan fingerprint density at radius 3 is 2.44 bits per heavy atom. The van der Waals surface area contributed by atoms with Crippen LogP contribution in [0.5, 0.6) is 11.5 Å². The number of aryl methyl sites for hydroxylation is 2. The molecular weight excluding hydrogens is 544 g/mol. The minimum Gasteiger partial charge on any atom is -0.505 e. The van der Waals surface area contributed by atoms with E-state index >= 15 is 0 Å². The van der Waals surface area contributed by atoms with E-state index in [0.717, 1.165) is 44.5 Å². The van der Waals surface area contributed by atoms with E-state index in [4.69, 9.17) is 14.5 Å². The monoisotopic (exact) mass is 590 g/mol. The highest BCUT2D eigenvalue weighted by atomic mass is 16.5. The highest BCUT2D eigenvalue weighted by Gasteiger charge is 2.46. The molecule has 0 radical (unpaired) electrons. The zero-order chi connectivity index (χ0) is 31.1. The van der Waals surface area contributed by atoms with Gasteiger partial charge in [0.1, 0.15) is 11.3 Å². The number of benzene rings is 1. The van der Waals surface area contributed by atoms with Gasteiger partial charge in [-0.05, 0) is 82.6 Å². The molecule has 0 bridgehead atoms. The first kappa shape index (κ1) is 32.1. The van der Waals surface area contributed by atoms with Crippen LogP contribution in [-0.2, 0) is 9.59 Å². The van der Waals surface area contributed by atoms with Gasteiger partial charge in [-0.15, -0.1) is 0 Å². The van der Waals surface area contributed by atoms with E-state index < -0.39 is 17.7 Å². The first-order chi connectivity index (χ1) is 20.8. The van der Waals surface area contributed by atoms with Gasteiger partial charge in [0.2, 0.25) is 0 Å². The highest BCUT2D eigenvalue weighted by molar-refractivity contribution is 6.46. The second-order valence-corrected chi connectivity index (χ2v) is 11.0. The number of rotatable bonds is 15. The van der Waals surface area contributed by atoms with Crippen LogP contribution >= 0.6 is 0 Å². The zero-order valence-corrected chi connectivity index (χ0v) is 26.5. The molecule has 1 aliphatic rings. The molecule has 1 fully saturated rings. The summed E-state index contributed by atoms with van der Waals surface area (Å²) in [5, 5.41) is 11.8. The molecule has 0 saturated carbocycles. The van der Waals surface area contributed by atoms with Gasteiger partial charge in [0.25, 0.3) is 11.7 Å². The number of pyridine rings is 1.